The molecular formula is C13H22O3. The lowest BCUT2D eigenvalue weighted by Crippen LogP contribution is -2.68. The van der Waals surface area contributed by atoms with Gasteiger partial charge in [-0.1, -0.05) is 19.3 Å². The van der Waals surface area contributed by atoms with Crippen molar-refractivity contribution < 1.29 is 15.3 Å². The lowest BCUT2D eigenvalue weighted by Gasteiger charge is -2.58. The molecule has 3 N–H and O–H groups in total. The summed E-state index contributed by atoms with van der Waals surface area (Å²) in [4.78, 5) is 0. The van der Waals surface area contributed by atoms with Crippen LogP contribution in [0.5, 0.6) is 0 Å². The van der Waals surface area contributed by atoms with Crippen LogP contribution in [0.25, 0.3) is 0 Å². The highest BCUT2D eigenvalue weighted by Crippen LogP contribution is 2.58. The highest BCUT2D eigenvalue weighted by atomic mass is 16.4. The molecule has 16 heavy (non-hydrogen) atoms. The zero-order chi connectivity index (χ0) is 11.4. The van der Waals surface area contributed by atoms with Gasteiger partial charge in [-0.3, -0.25) is 0 Å². The summed E-state index contributed by atoms with van der Waals surface area (Å²) in [5.74, 6) is -0.0981. The average Bonchev–Trinajstić information content (AvgIpc) is 2.64. The van der Waals surface area contributed by atoms with Crippen LogP contribution in [0, 0.1) is 5.92 Å². The molecule has 0 aliphatic heterocycles. The summed E-state index contributed by atoms with van der Waals surface area (Å²) in [5.41, 5.74) is -2.64. The lowest BCUT2D eigenvalue weighted by atomic mass is 9.55. The number of fused-ring (bicyclic) bond motifs is 3. The van der Waals surface area contributed by atoms with Crippen LogP contribution >= 0.6 is 0 Å². The fraction of sp³-hybridized carbons (Fsp3) is 1.00. The number of rotatable bonds is 0. The van der Waals surface area contributed by atoms with Gasteiger partial charge in [0.25, 0.3) is 0 Å². The van der Waals surface area contributed by atoms with Crippen molar-refractivity contribution in [2.45, 2.75) is 74.6 Å². The molecule has 0 aromatic carbocycles. The molecule has 4 atom stereocenters. The van der Waals surface area contributed by atoms with Gasteiger partial charge in [-0.2, -0.15) is 0 Å². The van der Waals surface area contributed by atoms with Gasteiger partial charge in [0, 0.05) is 5.92 Å². The lowest BCUT2D eigenvalue weighted by molar-refractivity contribution is -0.262. The van der Waals surface area contributed by atoms with Crippen LogP contribution in [0.15, 0.2) is 0 Å². The van der Waals surface area contributed by atoms with E-state index >= 15 is 0 Å². The van der Waals surface area contributed by atoms with Gasteiger partial charge in [0.2, 0.25) is 0 Å². The summed E-state index contributed by atoms with van der Waals surface area (Å²) >= 11 is 0. The van der Waals surface area contributed by atoms with E-state index in [-0.39, 0.29) is 5.92 Å². The van der Waals surface area contributed by atoms with Crippen molar-refractivity contribution in [3.8, 4) is 0 Å². The Bertz CT molecular complexity index is 306. The second-order valence-electron chi connectivity index (χ2n) is 6.21. The van der Waals surface area contributed by atoms with Crippen molar-refractivity contribution in [3.63, 3.8) is 0 Å². The minimum absolute atomic E-state index is 0.0981. The van der Waals surface area contributed by atoms with Crippen LogP contribution in [0.4, 0.5) is 0 Å². The zero-order valence-corrected chi connectivity index (χ0v) is 9.78. The van der Waals surface area contributed by atoms with Gasteiger partial charge < -0.3 is 15.3 Å². The van der Waals surface area contributed by atoms with Crippen LogP contribution < -0.4 is 0 Å². The quantitative estimate of drug-likeness (QED) is 0.584. The summed E-state index contributed by atoms with van der Waals surface area (Å²) in [6.45, 7) is 0. The van der Waals surface area contributed by atoms with Crippen molar-refractivity contribution in [2.75, 3.05) is 0 Å². The third kappa shape index (κ3) is 1.20. The number of hydrogen-bond acceptors (Lipinski definition) is 3. The van der Waals surface area contributed by atoms with Crippen LogP contribution in [-0.4, -0.2) is 32.1 Å². The maximum Gasteiger partial charge on any atom is 0.0988 e. The standard InChI is InChI=1S/C13H22O3/c14-11-5-3-4-10(11)13(16)7-2-1-6-12(13,15)9-8-11/h10,14-16H,1-9H2. The van der Waals surface area contributed by atoms with Crippen molar-refractivity contribution in [1.29, 1.82) is 0 Å². The van der Waals surface area contributed by atoms with E-state index in [9.17, 15) is 15.3 Å². The van der Waals surface area contributed by atoms with E-state index < -0.39 is 16.8 Å². The Kier molecular flexibility index (Phi) is 2.21. The molecule has 0 saturated heterocycles. The number of aliphatic hydroxyl groups is 3. The Labute approximate surface area is 96.5 Å². The second-order valence-corrected chi connectivity index (χ2v) is 6.21. The first kappa shape index (κ1) is 11.0. The Morgan fingerprint density at radius 2 is 1.50 bits per heavy atom. The van der Waals surface area contributed by atoms with E-state index in [1.165, 1.54) is 0 Å². The molecule has 92 valence electrons. The van der Waals surface area contributed by atoms with Gasteiger partial charge >= 0.3 is 0 Å². The third-order valence-electron chi connectivity index (χ3n) is 5.50. The minimum Gasteiger partial charge on any atom is -0.389 e. The molecular weight excluding hydrogens is 204 g/mol. The number of hydrogen-bond donors (Lipinski definition) is 3. The normalized spacial score (nSPS) is 56.8. The van der Waals surface area contributed by atoms with E-state index in [0.29, 0.717) is 25.7 Å². The van der Waals surface area contributed by atoms with Gasteiger partial charge in [0.15, 0.2) is 0 Å². The van der Waals surface area contributed by atoms with Gasteiger partial charge in [-0.25, -0.2) is 0 Å². The van der Waals surface area contributed by atoms with Gasteiger partial charge in [0.05, 0.1) is 16.8 Å². The maximum atomic E-state index is 10.9. The summed E-state index contributed by atoms with van der Waals surface area (Å²) in [6, 6.07) is 0. The Morgan fingerprint density at radius 3 is 2.31 bits per heavy atom. The molecule has 0 radical (unpaired) electrons. The minimum atomic E-state index is -1.02. The molecule has 0 aromatic rings. The van der Waals surface area contributed by atoms with E-state index in [4.69, 9.17) is 0 Å². The predicted octanol–water partition coefficient (Wildman–Crippen LogP) is 1.35. The maximum absolute atomic E-state index is 10.9. The molecule has 0 heterocycles. The molecule has 0 aromatic heterocycles. The summed E-state index contributed by atoms with van der Waals surface area (Å²) < 4.78 is 0. The fourth-order valence-corrected chi connectivity index (χ4v) is 4.56. The van der Waals surface area contributed by atoms with Crippen molar-refractivity contribution >= 4 is 0 Å². The van der Waals surface area contributed by atoms with Crippen LogP contribution in [0.1, 0.15) is 57.8 Å². The molecule has 3 fully saturated rings. The molecule has 3 saturated carbocycles. The molecule has 3 aliphatic carbocycles. The largest absolute Gasteiger partial charge is 0.389 e. The summed E-state index contributed by atoms with van der Waals surface area (Å²) in [6.07, 6.45) is 7.24. The Morgan fingerprint density at radius 1 is 0.750 bits per heavy atom. The van der Waals surface area contributed by atoms with Crippen molar-refractivity contribution in [3.05, 3.63) is 0 Å². The molecule has 0 bridgehead atoms. The Balaban J connectivity index is 2.00. The highest BCUT2D eigenvalue weighted by Gasteiger charge is 2.65. The first-order valence-electron chi connectivity index (χ1n) is 6.67. The van der Waals surface area contributed by atoms with Crippen LogP contribution in [-0.2, 0) is 0 Å². The van der Waals surface area contributed by atoms with Crippen LogP contribution in [0.2, 0.25) is 0 Å². The topological polar surface area (TPSA) is 60.7 Å². The fourth-order valence-electron chi connectivity index (χ4n) is 4.56. The monoisotopic (exact) mass is 226 g/mol. The van der Waals surface area contributed by atoms with Gasteiger partial charge in [-0.15, -0.1) is 0 Å². The van der Waals surface area contributed by atoms with E-state index in [2.05, 4.69) is 0 Å². The molecule has 3 rings (SSSR count). The zero-order valence-electron chi connectivity index (χ0n) is 9.78. The van der Waals surface area contributed by atoms with Gasteiger partial charge in [-0.05, 0) is 38.5 Å². The molecule has 0 amide bonds. The second kappa shape index (κ2) is 3.21. The van der Waals surface area contributed by atoms with E-state index in [0.717, 1.165) is 32.1 Å². The smallest absolute Gasteiger partial charge is 0.0988 e. The average molecular weight is 226 g/mol. The van der Waals surface area contributed by atoms with Crippen LogP contribution in [0.3, 0.4) is 0 Å². The molecule has 3 nitrogen and oxygen atoms in total. The molecule has 4 unspecified atom stereocenters. The SMILES string of the molecule is OC12CCCC1C1(O)CCCCC1(O)CC2. The Hall–Kier alpha value is -0.120. The first-order valence-corrected chi connectivity index (χ1v) is 6.67. The molecule has 3 aliphatic rings. The van der Waals surface area contributed by atoms with E-state index in [1.54, 1.807) is 0 Å². The van der Waals surface area contributed by atoms with Crippen molar-refractivity contribution in [2.24, 2.45) is 5.92 Å². The summed E-state index contributed by atoms with van der Waals surface area (Å²) in [7, 11) is 0. The molecule has 3 heteroatoms. The summed E-state index contributed by atoms with van der Waals surface area (Å²) in [5, 5.41) is 32.1. The van der Waals surface area contributed by atoms with Gasteiger partial charge in [0.1, 0.15) is 0 Å². The molecule has 0 spiro atoms. The first-order chi connectivity index (χ1) is 7.50. The van der Waals surface area contributed by atoms with Crippen molar-refractivity contribution in [1.82, 2.24) is 0 Å². The highest BCUT2D eigenvalue weighted by molar-refractivity contribution is 5.16. The van der Waals surface area contributed by atoms with E-state index in [1.807, 2.05) is 0 Å². The third-order valence-corrected chi connectivity index (χ3v) is 5.50. The predicted molar refractivity (Wildman–Crippen MR) is 59.9 cm³/mol.